The van der Waals surface area contributed by atoms with Crippen molar-refractivity contribution in [3.05, 3.63) is 60.2 Å². The predicted molar refractivity (Wildman–Crippen MR) is 107 cm³/mol. The molecule has 1 aromatic rings. The van der Waals surface area contributed by atoms with Gasteiger partial charge in [-0.15, -0.1) is 0 Å². The number of carbonyl (C=O) groups excluding carboxylic acids is 3. The van der Waals surface area contributed by atoms with Crippen LogP contribution in [-0.4, -0.2) is 29.9 Å². The average Bonchev–Trinajstić information content (AvgIpc) is 3.43. The highest BCUT2D eigenvalue weighted by atomic mass is 16.6. The van der Waals surface area contributed by atoms with Crippen LogP contribution < -0.4 is 0 Å². The highest BCUT2D eigenvalue weighted by molar-refractivity contribution is 5.92. The molecule has 1 saturated carbocycles. The van der Waals surface area contributed by atoms with E-state index in [2.05, 4.69) is 12.2 Å². The topological polar surface area (TPSA) is 69.7 Å². The van der Waals surface area contributed by atoms with E-state index in [9.17, 15) is 14.4 Å². The van der Waals surface area contributed by atoms with Crippen LogP contribution in [0.3, 0.4) is 0 Å². The van der Waals surface area contributed by atoms with Crippen molar-refractivity contribution in [3.8, 4) is 0 Å². The Morgan fingerprint density at radius 1 is 1.24 bits per heavy atom. The second-order valence-corrected chi connectivity index (χ2v) is 8.24. The van der Waals surface area contributed by atoms with E-state index in [1.54, 1.807) is 30.3 Å². The quantitative estimate of drug-likeness (QED) is 0.416. The summed E-state index contributed by atoms with van der Waals surface area (Å²) in [5, 5.41) is 0. The molecule has 6 atom stereocenters. The van der Waals surface area contributed by atoms with Gasteiger partial charge in [0, 0.05) is 24.2 Å². The van der Waals surface area contributed by atoms with Gasteiger partial charge in [-0.05, 0) is 37.0 Å². The normalized spacial score (nSPS) is 31.6. The maximum atomic E-state index is 12.7. The maximum Gasteiger partial charge on any atom is 0.338 e. The Balaban J connectivity index is 1.47. The van der Waals surface area contributed by atoms with Crippen molar-refractivity contribution in [1.82, 2.24) is 0 Å². The molecule has 0 bridgehead atoms. The number of benzene rings is 1. The van der Waals surface area contributed by atoms with Gasteiger partial charge in [0.05, 0.1) is 12.0 Å². The van der Waals surface area contributed by atoms with Crippen molar-refractivity contribution in [2.75, 3.05) is 0 Å². The first-order chi connectivity index (χ1) is 14.0. The molecule has 0 spiro atoms. The summed E-state index contributed by atoms with van der Waals surface area (Å²) in [5.41, 5.74) is 0.488. The minimum absolute atomic E-state index is 0.0539. The van der Waals surface area contributed by atoms with Gasteiger partial charge >= 0.3 is 11.9 Å². The Hall–Kier alpha value is -2.69. The molecule has 0 amide bonds. The molecule has 3 aliphatic rings. The lowest BCUT2D eigenvalue weighted by Crippen LogP contribution is -2.25. The Labute approximate surface area is 170 Å². The first kappa shape index (κ1) is 19.6. The molecular weight excluding hydrogens is 368 g/mol. The van der Waals surface area contributed by atoms with E-state index in [0.29, 0.717) is 18.4 Å². The molecule has 2 fully saturated rings. The number of ketones is 1. The number of ether oxygens (including phenoxy) is 2. The summed E-state index contributed by atoms with van der Waals surface area (Å²) in [6.07, 6.45) is 9.85. The Morgan fingerprint density at radius 2 is 2.03 bits per heavy atom. The Bertz CT molecular complexity index is 840. The maximum absolute atomic E-state index is 12.7. The molecule has 1 aliphatic heterocycles. The number of hydrogen-bond acceptors (Lipinski definition) is 5. The highest BCUT2D eigenvalue weighted by Crippen LogP contribution is 2.43. The third-order valence-corrected chi connectivity index (χ3v) is 6.44. The molecule has 5 nitrogen and oxygen atoms in total. The van der Waals surface area contributed by atoms with Crippen molar-refractivity contribution in [3.63, 3.8) is 0 Å². The van der Waals surface area contributed by atoms with Crippen LogP contribution in [0.15, 0.2) is 54.6 Å². The van der Waals surface area contributed by atoms with Crippen molar-refractivity contribution in [1.29, 1.82) is 0 Å². The van der Waals surface area contributed by atoms with Crippen molar-refractivity contribution >= 4 is 17.7 Å². The van der Waals surface area contributed by atoms with Crippen LogP contribution in [-0.2, 0) is 19.1 Å². The molecule has 5 heteroatoms. The van der Waals surface area contributed by atoms with Crippen LogP contribution in [0.1, 0.15) is 43.0 Å². The molecule has 29 heavy (non-hydrogen) atoms. The number of rotatable bonds is 6. The van der Waals surface area contributed by atoms with Gasteiger partial charge in [-0.2, -0.15) is 0 Å². The van der Waals surface area contributed by atoms with Crippen LogP contribution in [0.25, 0.3) is 0 Å². The zero-order chi connectivity index (χ0) is 20.4. The monoisotopic (exact) mass is 394 g/mol. The predicted octanol–water partition coefficient (Wildman–Crippen LogP) is 3.89. The van der Waals surface area contributed by atoms with Gasteiger partial charge in [-0.1, -0.05) is 43.4 Å². The molecule has 2 aliphatic carbocycles. The Kier molecular flexibility index (Phi) is 5.65. The van der Waals surface area contributed by atoms with E-state index in [0.717, 1.165) is 12.8 Å². The fourth-order valence-corrected chi connectivity index (χ4v) is 4.71. The van der Waals surface area contributed by atoms with Crippen LogP contribution in [0, 0.1) is 23.7 Å². The van der Waals surface area contributed by atoms with Crippen LogP contribution in [0.5, 0.6) is 0 Å². The van der Waals surface area contributed by atoms with Gasteiger partial charge in [-0.3, -0.25) is 9.59 Å². The van der Waals surface area contributed by atoms with E-state index in [1.165, 1.54) is 0 Å². The second-order valence-electron chi connectivity index (χ2n) is 8.24. The number of fused-ring (bicyclic) bond motifs is 1. The first-order valence-electron chi connectivity index (χ1n) is 10.4. The first-order valence-corrected chi connectivity index (χ1v) is 10.4. The molecule has 4 rings (SSSR count). The summed E-state index contributed by atoms with van der Waals surface area (Å²) in [5.74, 6) is -0.585. The van der Waals surface area contributed by atoms with E-state index in [1.807, 2.05) is 19.1 Å². The largest absolute Gasteiger partial charge is 0.462 e. The summed E-state index contributed by atoms with van der Waals surface area (Å²) in [4.78, 5) is 36.9. The third-order valence-electron chi connectivity index (χ3n) is 6.44. The van der Waals surface area contributed by atoms with Gasteiger partial charge in [0.2, 0.25) is 0 Å². The lowest BCUT2D eigenvalue weighted by Gasteiger charge is -2.20. The van der Waals surface area contributed by atoms with Gasteiger partial charge in [0.1, 0.15) is 12.2 Å². The zero-order valence-electron chi connectivity index (χ0n) is 16.5. The molecule has 152 valence electrons. The molecule has 1 heterocycles. The molecule has 1 aromatic carbocycles. The molecule has 0 N–H and O–H groups in total. The van der Waals surface area contributed by atoms with E-state index in [-0.39, 0.29) is 41.5 Å². The van der Waals surface area contributed by atoms with E-state index in [4.69, 9.17) is 9.47 Å². The van der Waals surface area contributed by atoms with Crippen molar-refractivity contribution in [2.24, 2.45) is 23.7 Å². The summed E-state index contributed by atoms with van der Waals surface area (Å²) in [6.45, 7) is 1.96. The Morgan fingerprint density at radius 3 is 2.76 bits per heavy atom. The van der Waals surface area contributed by atoms with Gasteiger partial charge < -0.3 is 9.47 Å². The average molecular weight is 394 g/mol. The molecular formula is C24H26O5. The lowest BCUT2D eigenvalue weighted by molar-refractivity contribution is -0.141. The standard InChI is InChI=1S/C24H26O5/c1-15(16-7-5-6-8-16)20(25)12-11-18-19-13-23(26)28-22(19)14-21(18)29-24(27)17-9-3-2-4-10-17/h2-5,7,9-12,15-16,18-19,21-22H,6,8,13-14H2,1H3/b12-11+/t15?,16?,18-,19-,21-,22+/m1/s1. The van der Waals surface area contributed by atoms with Crippen LogP contribution in [0.4, 0.5) is 0 Å². The van der Waals surface area contributed by atoms with Crippen LogP contribution in [0.2, 0.25) is 0 Å². The van der Waals surface area contributed by atoms with Gasteiger partial charge in [0.25, 0.3) is 0 Å². The van der Waals surface area contributed by atoms with Crippen molar-refractivity contribution < 1.29 is 23.9 Å². The number of carbonyl (C=O) groups is 3. The minimum atomic E-state index is -0.406. The third kappa shape index (κ3) is 4.19. The fourth-order valence-electron chi connectivity index (χ4n) is 4.71. The smallest absolute Gasteiger partial charge is 0.338 e. The van der Waals surface area contributed by atoms with E-state index < -0.39 is 12.1 Å². The summed E-state index contributed by atoms with van der Waals surface area (Å²) in [6, 6.07) is 8.84. The van der Waals surface area contributed by atoms with Gasteiger partial charge in [-0.25, -0.2) is 4.79 Å². The SMILES string of the molecule is CC(C(=O)/C=C/[C@@H]1[C@H]2CC(=O)O[C@H]2C[C@H]1OC(=O)c1ccccc1)C1C=CCC1. The fraction of sp³-hybridized carbons (Fsp3) is 0.458. The molecule has 1 saturated heterocycles. The summed E-state index contributed by atoms with van der Waals surface area (Å²) in [7, 11) is 0. The number of hydrogen-bond donors (Lipinski definition) is 0. The van der Waals surface area contributed by atoms with Crippen molar-refractivity contribution in [2.45, 2.75) is 44.8 Å². The van der Waals surface area contributed by atoms with Gasteiger partial charge in [0.15, 0.2) is 5.78 Å². The van der Waals surface area contributed by atoms with Crippen LogP contribution >= 0.6 is 0 Å². The molecule has 0 aromatic heterocycles. The molecule has 0 radical (unpaired) electrons. The lowest BCUT2D eigenvalue weighted by atomic mass is 9.87. The second kappa shape index (κ2) is 8.36. The highest BCUT2D eigenvalue weighted by Gasteiger charge is 2.50. The summed E-state index contributed by atoms with van der Waals surface area (Å²) >= 11 is 0. The van der Waals surface area contributed by atoms with E-state index >= 15 is 0 Å². The minimum Gasteiger partial charge on any atom is -0.462 e. The molecule has 2 unspecified atom stereocenters. The number of esters is 2. The summed E-state index contributed by atoms with van der Waals surface area (Å²) < 4.78 is 11.2. The zero-order valence-corrected chi connectivity index (χ0v) is 16.5. The number of allylic oxidation sites excluding steroid dienone is 3.